The Balaban J connectivity index is 1.89. The minimum atomic E-state index is -0.129. The molecule has 1 aliphatic rings. The number of H-pyrrole nitrogens is 1. The number of amides is 1. The molecule has 0 aromatic carbocycles. The molecular formula is C13H15ClN4O2. The van der Waals surface area contributed by atoms with Crippen LogP contribution in [0.5, 0.6) is 0 Å². The average Bonchev–Trinajstić information content (AvgIpc) is 3.07. The van der Waals surface area contributed by atoms with Crippen LogP contribution in [0.1, 0.15) is 47.3 Å². The summed E-state index contributed by atoms with van der Waals surface area (Å²) >= 11 is 5.90. The predicted molar refractivity (Wildman–Crippen MR) is 72.5 cm³/mol. The van der Waals surface area contributed by atoms with Crippen LogP contribution in [-0.4, -0.2) is 32.5 Å². The van der Waals surface area contributed by atoms with Crippen LogP contribution in [0.4, 0.5) is 0 Å². The van der Waals surface area contributed by atoms with E-state index in [1.807, 2.05) is 6.92 Å². The van der Waals surface area contributed by atoms with Gasteiger partial charge >= 0.3 is 0 Å². The van der Waals surface area contributed by atoms with Crippen LogP contribution in [0.2, 0.25) is 5.22 Å². The molecule has 1 fully saturated rings. The molecule has 106 valence electrons. The molecule has 7 heteroatoms. The van der Waals surface area contributed by atoms with E-state index >= 15 is 0 Å². The van der Waals surface area contributed by atoms with Gasteiger partial charge in [-0.1, -0.05) is 0 Å². The number of nitrogens with one attached hydrogen (secondary N) is 1. The first-order valence-electron chi connectivity index (χ1n) is 6.59. The van der Waals surface area contributed by atoms with Gasteiger partial charge in [-0.3, -0.25) is 9.89 Å². The zero-order valence-corrected chi connectivity index (χ0v) is 11.9. The number of hydrogen-bond acceptors (Lipinski definition) is 4. The second kappa shape index (κ2) is 5.28. The Morgan fingerprint density at radius 3 is 3.05 bits per heavy atom. The van der Waals surface area contributed by atoms with E-state index in [1.165, 1.54) is 6.26 Å². The summed E-state index contributed by atoms with van der Waals surface area (Å²) in [5.74, 6) is 1.28. The minimum absolute atomic E-state index is 0.104. The standard InChI is InChI=1S/C13H15ClN4O2/c1-8-15-12(17-16-8)10-4-2-3-6-18(10)13(19)9-5-7-20-11(9)14/h5,7,10H,2-4,6H2,1H3,(H,15,16,17)/t10-/m0/s1. The molecule has 2 aromatic heterocycles. The lowest BCUT2D eigenvalue weighted by atomic mass is 10.0. The maximum atomic E-state index is 12.6. The van der Waals surface area contributed by atoms with Crippen molar-refractivity contribution < 1.29 is 9.21 Å². The molecule has 20 heavy (non-hydrogen) atoms. The van der Waals surface area contributed by atoms with Crippen molar-refractivity contribution in [2.45, 2.75) is 32.2 Å². The Kier molecular flexibility index (Phi) is 3.48. The molecule has 3 heterocycles. The number of halogens is 1. The SMILES string of the molecule is Cc1nc([C@@H]2CCCCN2C(=O)c2ccoc2Cl)n[nH]1. The van der Waals surface area contributed by atoms with Crippen LogP contribution < -0.4 is 0 Å². The van der Waals surface area contributed by atoms with Crippen LogP contribution in [0.25, 0.3) is 0 Å². The summed E-state index contributed by atoms with van der Waals surface area (Å²) in [7, 11) is 0. The molecular weight excluding hydrogens is 280 g/mol. The number of piperidine rings is 1. The van der Waals surface area contributed by atoms with Crippen molar-refractivity contribution in [3.05, 3.63) is 34.8 Å². The second-order valence-electron chi connectivity index (χ2n) is 4.90. The van der Waals surface area contributed by atoms with Crippen molar-refractivity contribution in [2.75, 3.05) is 6.54 Å². The van der Waals surface area contributed by atoms with Gasteiger partial charge in [0.25, 0.3) is 5.91 Å². The third-order valence-electron chi connectivity index (χ3n) is 3.52. The lowest BCUT2D eigenvalue weighted by molar-refractivity contribution is 0.0600. The topological polar surface area (TPSA) is 75.0 Å². The highest BCUT2D eigenvalue weighted by molar-refractivity contribution is 6.32. The number of furan rings is 1. The van der Waals surface area contributed by atoms with E-state index < -0.39 is 0 Å². The summed E-state index contributed by atoms with van der Waals surface area (Å²) in [4.78, 5) is 18.7. The molecule has 6 nitrogen and oxygen atoms in total. The summed E-state index contributed by atoms with van der Waals surface area (Å²) in [5.41, 5.74) is 0.394. The van der Waals surface area contributed by atoms with Crippen molar-refractivity contribution >= 4 is 17.5 Å². The Morgan fingerprint density at radius 2 is 2.40 bits per heavy atom. The van der Waals surface area contributed by atoms with Crippen LogP contribution in [0, 0.1) is 6.92 Å². The molecule has 0 radical (unpaired) electrons. The third-order valence-corrected chi connectivity index (χ3v) is 3.82. The molecule has 0 saturated carbocycles. The van der Waals surface area contributed by atoms with E-state index in [0.717, 1.165) is 25.1 Å². The van der Waals surface area contributed by atoms with Gasteiger partial charge in [-0.25, -0.2) is 4.98 Å². The van der Waals surface area contributed by atoms with E-state index in [0.29, 0.717) is 17.9 Å². The highest BCUT2D eigenvalue weighted by Gasteiger charge is 2.32. The first-order valence-corrected chi connectivity index (χ1v) is 6.97. The molecule has 1 saturated heterocycles. The fraction of sp³-hybridized carbons (Fsp3) is 0.462. The van der Waals surface area contributed by atoms with Gasteiger partial charge in [-0.15, -0.1) is 0 Å². The molecule has 0 bridgehead atoms. The lowest BCUT2D eigenvalue weighted by Gasteiger charge is -2.33. The normalized spacial score (nSPS) is 19.3. The quantitative estimate of drug-likeness (QED) is 0.924. The van der Waals surface area contributed by atoms with Gasteiger partial charge < -0.3 is 9.32 Å². The second-order valence-corrected chi connectivity index (χ2v) is 5.24. The molecule has 0 spiro atoms. The number of aryl methyl sites for hydroxylation is 1. The number of hydrogen-bond donors (Lipinski definition) is 1. The van der Waals surface area contributed by atoms with Crippen molar-refractivity contribution in [2.24, 2.45) is 0 Å². The number of nitrogens with zero attached hydrogens (tertiary/aromatic N) is 3. The van der Waals surface area contributed by atoms with E-state index in [1.54, 1.807) is 11.0 Å². The first-order chi connectivity index (χ1) is 9.66. The number of carbonyl (C=O) groups is 1. The molecule has 1 N–H and O–H groups in total. The first kappa shape index (κ1) is 13.2. The highest BCUT2D eigenvalue weighted by atomic mass is 35.5. The van der Waals surface area contributed by atoms with E-state index in [2.05, 4.69) is 15.2 Å². The average molecular weight is 295 g/mol. The van der Waals surface area contributed by atoms with E-state index in [-0.39, 0.29) is 17.2 Å². The van der Waals surface area contributed by atoms with Crippen LogP contribution in [-0.2, 0) is 0 Å². The van der Waals surface area contributed by atoms with Crippen molar-refractivity contribution in [3.63, 3.8) is 0 Å². The van der Waals surface area contributed by atoms with Gasteiger partial charge in [-0.2, -0.15) is 5.10 Å². The number of aromatic nitrogens is 3. The summed E-state index contributed by atoms with van der Waals surface area (Å²) in [5, 5.41) is 7.15. The molecule has 3 rings (SSSR count). The molecule has 0 aliphatic carbocycles. The Labute approximate surface area is 121 Å². The van der Waals surface area contributed by atoms with Gasteiger partial charge in [0.05, 0.1) is 17.9 Å². The smallest absolute Gasteiger partial charge is 0.259 e. The fourth-order valence-corrected chi connectivity index (χ4v) is 2.75. The van der Waals surface area contributed by atoms with Gasteiger partial charge in [-0.05, 0) is 43.9 Å². The maximum Gasteiger partial charge on any atom is 0.259 e. The zero-order chi connectivity index (χ0) is 14.1. The van der Waals surface area contributed by atoms with Crippen molar-refractivity contribution in [1.29, 1.82) is 0 Å². The number of aromatic amines is 1. The Morgan fingerprint density at radius 1 is 1.55 bits per heavy atom. The Bertz CT molecular complexity index is 621. The summed E-state index contributed by atoms with van der Waals surface area (Å²) < 4.78 is 5.00. The Hall–Kier alpha value is -1.82. The predicted octanol–water partition coefficient (Wildman–Crippen LogP) is 2.73. The van der Waals surface area contributed by atoms with Gasteiger partial charge in [0.15, 0.2) is 5.82 Å². The van der Waals surface area contributed by atoms with Gasteiger partial charge in [0.2, 0.25) is 5.22 Å². The van der Waals surface area contributed by atoms with Crippen LogP contribution in [0.3, 0.4) is 0 Å². The molecule has 1 atom stereocenters. The summed E-state index contributed by atoms with van der Waals surface area (Å²) in [6, 6.07) is 1.49. The van der Waals surface area contributed by atoms with E-state index in [9.17, 15) is 4.79 Å². The largest absolute Gasteiger partial charge is 0.452 e. The maximum absolute atomic E-state index is 12.6. The number of rotatable bonds is 2. The van der Waals surface area contributed by atoms with Gasteiger partial charge in [0.1, 0.15) is 5.82 Å². The highest BCUT2D eigenvalue weighted by Crippen LogP contribution is 2.31. The molecule has 0 unspecified atom stereocenters. The molecule has 1 aliphatic heterocycles. The van der Waals surface area contributed by atoms with Gasteiger partial charge in [0, 0.05) is 6.54 Å². The van der Waals surface area contributed by atoms with Crippen molar-refractivity contribution in [1.82, 2.24) is 20.1 Å². The van der Waals surface area contributed by atoms with Crippen molar-refractivity contribution in [3.8, 4) is 0 Å². The summed E-state index contributed by atoms with van der Waals surface area (Å²) in [6.45, 7) is 2.52. The number of carbonyl (C=O) groups excluding carboxylic acids is 1. The van der Waals surface area contributed by atoms with Crippen LogP contribution >= 0.6 is 11.6 Å². The third kappa shape index (κ3) is 2.31. The molecule has 2 aromatic rings. The summed E-state index contributed by atoms with van der Waals surface area (Å²) in [6.07, 6.45) is 4.31. The van der Waals surface area contributed by atoms with E-state index in [4.69, 9.17) is 16.0 Å². The van der Waals surface area contributed by atoms with Crippen LogP contribution in [0.15, 0.2) is 16.7 Å². The zero-order valence-electron chi connectivity index (χ0n) is 11.1. The fourth-order valence-electron chi connectivity index (χ4n) is 2.55. The monoisotopic (exact) mass is 294 g/mol. The lowest BCUT2D eigenvalue weighted by Crippen LogP contribution is -2.39. The minimum Gasteiger partial charge on any atom is -0.452 e. The molecule has 1 amide bonds. The number of likely N-dealkylation sites (tertiary alicyclic amines) is 1.